The molecule has 5 N–H and O–H groups in total. The third-order valence-electron chi connectivity index (χ3n) is 3.69. The first-order chi connectivity index (χ1) is 12.6. The van der Waals surface area contributed by atoms with Crippen LogP contribution in [0.2, 0.25) is 0 Å². The Morgan fingerprint density at radius 2 is 1.48 bits per heavy atom. The Morgan fingerprint density at radius 3 is 2.11 bits per heavy atom. The van der Waals surface area contributed by atoms with Crippen LogP contribution in [0.15, 0.2) is 48.5 Å². The smallest absolute Gasteiger partial charge is 0.248 e. The third-order valence-corrected chi connectivity index (χ3v) is 3.69. The monoisotopic (exact) mass is 368 g/mol. The highest BCUT2D eigenvalue weighted by Crippen LogP contribution is 2.20. The second-order valence-corrected chi connectivity index (χ2v) is 7.13. The first-order valence-electron chi connectivity index (χ1n) is 8.50. The molecule has 0 fully saturated rings. The SMILES string of the molecule is CC(C)(C)C(=O)Nc1cccc(NCC(=O)Nc2cccc(C(N)=O)c2)c1. The van der Waals surface area contributed by atoms with Crippen molar-refractivity contribution in [2.45, 2.75) is 20.8 Å². The number of carbonyl (C=O) groups excluding carboxylic acids is 3. The highest BCUT2D eigenvalue weighted by Gasteiger charge is 2.21. The van der Waals surface area contributed by atoms with Gasteiger partial charge in [0, 0.05) is 28.0 Å². The molecular weight excluding hydrogens is 344 g/mol. The fraction of sp³-hybridized carbons (Fsp3) is 0.250. The van der Waals surface area contributed by atoms with E-state index in [1.807, 2.05) is 20.8 Å². The lowest BCUT2D eigenvalue weighted by molar-refractivity contribution is -0.123. The number of nitrogens with one attached hydrogen (secondary N) is 3. The largest absolute Gasteiger partial charge is 0.376 e. The van der Waals surface area contributed by atoms with Crippen molar-refractivity contribution in [3.63, 3.8) is 0 Å². The van der Waals surface area contributed by atoms with E-state index in [1.165, 1.54) is 6.07 Å². The molecule has 0 saturated carbocycles. The predicted molar refractivity (Wildman–Crippen MR) is 107 cm³/mol. The van der Waals surface area contributed by atoms with Crippen molar-refractivity contribution < 1.29 is 14.4 Å². The van der Waals surface area contributed by atoms with Gasteiger partial charge in [-0.2, -0.15) is 0 Å². The van der Waals surface area contributed by atoms with Crippen LogP contribution in [0.1, 0.15) is 31.1 Å². The summed E-state index contributed by atoms with van der Waals surface area (Å²) in [6, 6.07) is 13.5. The fourth-order valence-corrected chi connectivity index (χ4v) is 2.16. The van der Waals surface area contributed by atoms with Gasteiger partial charge in [-0.3, -0.25) is 14.4 Å². The minimum atomic E-state index is -0.557. The van der Waals surface area contributed by atoms with Gasteiger partial charge in [-0.05, 0) is 36.4 Å². The standard InChI is InChI=1S/C20H24N4O3/c1-20(2,3)19(27)24-16-9-5-7-14(11-16)22-12-17(25)23-15-8-4-6-13(10-15)18(21)26/h4-11,22H,12H2,1-3H3,(H2,21,26)(H,23,25)(H,24,27). The molecule has 0 aliphatic carbocycles. The highest BCUT2D eigenvalue weighted by molar-refractivity contribution is 5.97. The van der Waals surface area contributed by atoms with Crippen molar-refractivity contribution in [3.8, 4) is 0 Å². The average molecular weight is 368 g/mol. The van der Waals surface area contributed by atoms with Crippen LogP contribution in [0.3, 0.4) is 0 Å². The van der Waals surface area contributed by atoms with Crippen LogP contribution in [-0.2, 0) is 9.59 Å². The number of benzene rings is 2. The molecule has 142 valence electrons. The van der Waals surface area contributed by atoms with Crippen molar-refractivity contribution in [2.75, 3.05) is 22.5 Å². The molecule has 2 aromatic rings. The molecule has 0 aromatic heterocycles. The van der Waals surface area contributed by atoms with Crippen LogP contribution in [0, 0.1) is 5.41 Å². The van der Waals surface area contributed by atoms with Crippen LogP contribution in [0.4, 0.5) is 17.1 Å². The lowest BCUT2D eigenvalue weighted by Crippen LogP contribution is -2.27. The van der Waals surface area contributed by atoms with Gasteiger partial charge >= 0.3 is 0 Å². The van der Waals surface area contributed by atoms with E-state index in [9.17, 15) is 14.4 Å². The minimum Gasteiger partial charge on any atom is -0.376 e. The molecular formula is C20H24N4O3. The van der Waals surface area contributed by atoms with Crippen LogP contribution < -0.4 is 21.7 Å². The summed E-state index contributed by atoms with van der Waals surface area (Å²) in [7, 11) is 0. The van der Waals surface area contributed by atoms with E-state index in [0.29, 0.717) is 22.6 Å². The number of hydrogen-bond donors (Lipinski definition) is 4. The van der Waals surface area contributed by atoms with Crippen LogP contribution in [0.25, 0.3) is 0 Å². The van der Waals surface area contributed by atoms with E-state index in [1.54, 1.807) is 42.5 Å². The molecule has 0 spiro atoms. The molecule has 0 atom stereocenters. The number of rotatable bonds is 6. The van der Waals surface area contributed by atoms with E-state index in [4.69, 9.17) is 5.73 Å². The van der Waals surface area contributed by atoms with Crippen molar-refractivity contribution in [3.05, 3.63) is 54.1 Å². The first-order valence-corrected chi connectivity index (χ1v) is 8.50. The van der Waals surface area contributed by atoms with E-state index in [2.05, 4.69) is 16.0 Å². The molecule has 0 heterocycles. The summed E-state index contributed by atoms with van der Waals surface area (Å²) in [5.41, 5.74) is 6.89. The average Bonchev–Trinajstić information content (AvgIpc) is 2.59. The maximum absolute atomic E-state index is 12.1. The summed E-state index contributed by atoms with van der Waals surface area (Å²) in [6.45, 7) is 5.53. The summed E-state index contributed by atoms with van der Waals surface area (Å²) in [5, 5.41) is 8.54. The molecule has 2 aromatic carbocycles. The molecule has 0 saturated heterocycles. The van der Waals surface area contributed by atoms with Gasteiger partial charge in [0.2, 0.25) is 17.7 Å². The highest BCUT2D eigenvalue weighted by atomic mass is 16.2. The third kappa shape index (κ3) is 6.14. The summed E-state index contributed by atoms with van der Waals surface area (Å²) in [5.74, 6) is -0.925. The van der Waals surface area contributed by atoms with Crippen molar-refractivity contribution in [2.24, 2.45) is 11.1 Å². The zero-order valence-corrected chi connectivity index (χ0v) is 15.6. The molecule has 0 bridgehead atoms. The second-order valence-electron chi connectivity index (χ2n) is 7.13. The first kappa shape index (κ1) is 20.0. The normalized spacial score (nSPS) is 10.8. The van der Waals surface area contributed by atoms with Crippen LogP contribution in [-0.4, -0.2) is 24.3 Å². The number of primary amides is 1. The van der Waals surface area contributed by atoms with Gasteiger partial charge in [0.1, 0.15) is 0 Å². The molecule has 7 heteroatoms. The topological polar surface area (TPSA) is 113 Å². The summed E-state index contributed by atoms with van der Waals surface area (Å²) >= 11 is 0. The van der Waals surface area contributed by atoms with Crippen LogP contribution >= 0.6 is 0 Å². The molecule has 7 nitrogen and oxygen atoms in total. The lowest BCUT2D eigenvalue weighted by atomic mass is 9.95. The molecule has 0 aliphatic rings. The van der Waals surface area contributed by atoms with Crippen LogP contribution in [0.5, 0.6) is 0 Å². The van der Waals surface area contributed by atoms with E-state index >= 15 is 0 Å². The number of hydrogen-bond acceptors (Lipinski definition) is 4. The van der Waals surface area contributed by atoms with E-state index in [0.717, 1.165) is 0 Å². The fourth-order valence-electron chi connectivity index (χ4n) is 2.16. The van der Waals surface area contributed by atoms with Crippen molar-refractivity contribution in [1.29, 1.82) is 0 Å². The quantitative estimate of drug-likeness (QED) is 0.628. The Bertz CT molecular complexity index is 856. The number of carbonyl (C=O) groups is 3. The van der Waals surface area contributed by atoms with Gasteiger partial charge in [0.05, 0.1) is 6.54 Å². The Labute approximate surface area is 158 Å². The van der Waals surface area contributed by atoms with Crippen molar-refractivity contribution in [1.82, 2.24) is 0 Å². The molecule has 0 unspecified atom stereocenters. The van der Waals surface area contributed by atoms with Gasteiger partial charge in [-0.25, -0.2) is 0 Å². The Hall–Kier alpha value is -3.35. The van der Waals surface area contributed by atoms with Gasteiger partial charge in [0.15, 0.2) is 0 Å². The molecule has 2 rings (SSSR count). The van der Waals surface area contributed by atoms with Gasteiger partial charge < -0.3 is 21.7 Å². The number of amides is 3. The molecule has 3 amide bonds. The summed E-state index contributed by atoms with van der Waals surface area (Å²) < 4.78 is 0. The Kier molecular flexibility index (Phi) is 6.18. The minimum absolute atomic E-state index is 0.0253. The van der Waals surface area contributed by atoms with Crippen molar-refractivity contribution >= 4 is 34.8 Å². The predicted octanol–water partition coefficient (Wildman–Crippen LogP) is 2.82. The van der Waals surface area contributed by atoms with E-state index < -0.39 is 11.3 Å². The molecule has 0 aliphatic heterocycles. The zero-order chi connectivity index (χ0) is 20.0. The Balaban J connectivity index is 1.93. The van der Waals surface area contributed by atoms with Gasteiger partial charge in [-0.1, -0.05) is 32.9 Å². The van der Waals surface area contributed by atoms with Gasteiger partial charge in [-0.15, -0.1) is 0 Å². The maximum Gasteiger partial charge on any atom is 0.248 e. The lowest BCUT2D eigenvalue weighted by Gasteiger charge is -2.18. The van der Waals surface area contributed by atoms with Gasteiger partial charge in [0.25, 0.3) is 0 Å². The molecule has 0 radical (unpaired) electrons. The Morgan fingerprint density at radius 1 is 0.889 bits per heavy atom. The summed E-state index contributed by atoms with van der Waals surface area (Å²) in [4.78, 5) is 35.4. The maximum atomic E-state index is 12.1. The number of anilines is 3. The second kappa shape index (κ2) is 8.35. The summed E-state index contributed by atoms with van der Waals surface area (Å²) in [6.07, 6.45) is 0. The molecule has 27 heavy (non-hydrogen) atoms. The van der Waals surface area contributed by atoms with E-state index in [-0.39, 0.29) is 18.4 Å². The number of nitrogens with two attached hydrogens (primary N) is 1. The zero-order valence-electron chi connectivity index (χ0n) is 15.6.